The summed E-state index contributed by atoms with van der Waals surface area (Å²) in [5.74, 6) is 0.579. The number of hydrogen-bond donors (Lipinski definition) is 1. The standard InChI is InChI=1S/C33H46N4O2/c1-26(2)23-30-31(38)37(29-16-20-36(25-29)24-28-14-7-4-8-15-28)33(32(39)34-30)17-21-35(22-18-33)19-10-9-13-27-11-5-3-6-12-27/h3-8,11-12,14-15,26,29-30H,9-10,13,16-25H2,1-2H3,(H,34,39). The monoisotopic (exact) mass is 530 g/mol. The maximum atomic E-state index is 14.0. The molecule has 3 aliphatic rings. The Hall–Kier alpha value is -2.70. The molecular weight excluding hydrogens is 484 g/mol. The molecule has 3 fully saturated rings. The Bertz CT molecular complexity index is 1080. The molecule has 2 aromatic rings. The summed E-state index contributed by atoms with van der Waals surface area (Å²) in [4.78, 5) is 34.9. The summed E-state index contributed by atoms with van der Waals surface area (Å²) in [5, 5.41) is 3.19. The van der Waals surface area contributed by atoms with Crippen LogP contribution in [0.2, 0.25) is 0 Å². The fraction of sp³-hybridized carbons (Fsp3) is 0.576. The number of aryl methyl sites for hydroxylation is 1. The first-order valence-electron chi connectivity index (χ1n) is 15.1. The molecule has 0 bridgehead atoms. The van der Waals surface area contributed by atoms with Gasteiger partial charge in [0, 0.05) is 38.8 Å². The number of rotatable bonds is 10. The van der Waals surface area contributed by atoms with E-state index >= 15 is 0 Å². The maximum Gasteiger partial charge on any atom is 0.246 e. The molecule has 5 rings (SSSR count). The highest BCUT2D eigenvalue weighted by Gasteiger charge is 2.56. The number of likely N-dealkylation sites (tertiary alicyclic amines) is 2. The van der Waals surface area contributed by atoms with Crippen molar-refractivity contribution < 1.29 is 9.59 Å². The molecular formula is C33H46N4O2. The van der Waals surface area contributed by atoms with E-state index in [-0.39, 0.29) is 17.9 Å². The fourth-order valence-electron chi connectivity index (χ4n) is 6.94. The minimum absolute atomic E-state index is 0.0815. The number of piperidine rings is 1. The van der Waals surface area contributed by atoms with Crippen molar-refractivity contribution in [3.8, 4) is 0 Å². The average molecular weight is 531 g/mol. The van der Waals surface area contributed by atoms with E-state index in [4.69, 9.17) is 0 Å². The van der Waals surface area contributed by atoms with Gasteiger partial charge in [-0.15, -0.1) is 0 Å². The molecule has 210 valence electrons. The highest BCUT2D eigenvalue weighted by atomic mass is 16.2. The predicted octanol–water partition coefficient (Wildman–Crippen LogP) is 4.49. The second-order valence-electron chi connectivity index (χ2n) is 12.3. The molecule has 1 spiro atoms. The molecule has 0 radical (unpaired) electrons. The van der Waals surface area contributed by atoms with Crippen LogP contribution >= 0.6 is 0 Å². The van der Waals surface area contributed by atoms with E-state index in [0.29, 0.717) is 12.3 Å². The molecule has 1 N–H and O–H groups in total. The van der Waals surface area contributed by atoms with Crippen LogP contribution in [0.1, 0.15) is 63.5 Å². The van der Waals surface area contributed by atoms with Gasteiger partial charge in [0.05, 0.1) is 0 Å². The number of hydrogen-bond acceptors (Lipinski definition) is 4. The first kappa shape index (κ1) is 27.9. The minimum Gasteiger partial charge on any atom is -0.342 e. The Morgan fingerprint density at radius 3 is 2.21 bits per heavy atom. The zero-order chi connectivity index (χ0) is 27.2. The van der Waals surface area contributed by atoms with Gasteiger partial charge in [-0.25, -0.2) is 0 Å². The zero-order valence-corrected chi connectivity index (χ0v) is 23.9. The highest BCUT2D eigenvalue weighted by molar-refractivity contribution is 6.00. The molecule has 39 heavy (non-hydrogen) atoms. The summed E-state index contributed by atoms with van der Waals surface area (Å²) < 4.78 is 0. The van der Waals surface area contributed by atoms with Gasteiger partial charge in [-0.05, 0) is 68.5 Å². The predicted molar refractivity (Wildman–Crippen MR) is 156 cm³/mol. The third kappa shape index (κ3) is 6.55. The van der Waals surface area contributed by atoms with Crippen LogP contribution in [0.15, 0.2) is 60.7 Å². The van der Waals surface area contributed by atoms with Crippen molar-refractivity contribution in [3.63, 3.8) is 0 Å². The molecule has 6 heteroatoms. The number of nitrogens with one attached hydrogen (secondary N) is 1. The Morgan fingerprint density at radius 2 is 1.54 bits per heavy atom. The molecule has 3 heterocycles. The molecule has 0 aromatic heterocycles. The Balaban J connectivity index is 1.23. The van der Waals surface area contributed by atoms with E-state index in [1.165, 1.54) is 17.5 Å². The third-order valence-corrected chi connectivity index (χ3v) is 9.01. The minimum atomic E-state index is -0.710. The molecule has 0 aliphatic carbocycles. The summed E-state index contributed by atoms with van der Waals surface area (Å²) in [6.45, 7) is 9.75. The number of carbonyl (C=O) groups is 2. The smallest absolute Gasteiger partial charge is 0.246 e. The number of unbranched alkanes of at least 4 members (excludes halogenated alkanes) is 1. The van der Waals surface area contributed by atoms with Gasteiger partial charge in [-0.2, -0.15) is 0 Å². The van der Waals surface area contributed by atoms with Gasteiger partial charge in [0.25, 0.3) is 0 Å². The van der Waals surface area contributed by atoms with Gasteiger partial charge in [0.15, 0.2) is 0 Å². The SMILES string of the molecule is CC(C)CC1NC(=O)C2(CCN(CCCCc3ccccc3)CC2)N(C2CCN(Cc3ccccc3)C2)C1=O. The largest absolute Gasteiger partial charge is 0.342 e. The molecule has 6 nitrogen and oxygen atoms in total. The molecule has 3 aliphatic heterocycles. The van der Waals surface area contributed by atoms with Crippen molar-refractivity contribution in [3.05, 3.63) is 71.8 Å². The maximum absolute atomic E-state index is 14.0. The molecule has 2 atom stereocenters. The van der Waals surface area contributed by atoms with Crippen molar-refractivity contribution >= 4 is 11.8 Å². The average Bonchev–Trinajstić information content (AvgIpc) is 3.39. The summed E-state index contributed by atoms with van der Waals surface area (Å²) in [5.41, 5.74) is 1.99. The normalized spacial score (nSPS) is 24.0. The quantitative estimate of drug-likeness (QED) is 0.460. The van der Waals surface area contributed by atoms with E-state index in [0.717, 1.165) is 71.4 Å². The van der Waals surface area contributed by atoms with E-state index in [9.17, 15) is 9.59 Å². The fourth-order valence-corrected chi connectivity index (χ4v) is 6.94. The third-order valence-electron chi connectivity index (χ3n) is 9.01. The lowest BCUT2D eigenvalue weighted by Gasteiger charge is -2.54. The second-order valence-corrected chi connectivity index (χ2v) is 12.3. The van der Waals surface area contributed by atoms with Crippen molar-refractivity contribution in [2.24, 2.45) is 5.92 Å². The molecule has 2 aromatic carbocycles. The van der Waals surface area contributed by atoms with Crippen LogP contribution in [0, 0.1) is 5.92 Å². The second kappa shape index (κ2) is 12.6. The molecule has 3 saturated heterocycles. The summed E-state index contributed by atoms with van der Waals surface area (Å²) >= 11 is 0. The van der Waals surface area contributed by atoms with Gasteiger partial charge in [0.1, 0.15) is 11.6 Å². The van der Waals surface area contributed by atoms with E-state index in [1.54, 1.807) is 0 Å². The Kier molecular flexibility index (Phi) is 9.03. The Morgan fingerprint density at radius 1 is 0.872 bits per heavy atom. The van der Waals surface area contributed by atoms with E-state index in [2.05, 4.69) is 94.5 Å². The number of amides is 2. The lowest BCUT2D eigenvalue weighted by atomic mass is 9.79. The van der Waals surface area contributed by atoms with Crippen molar-refractivity contribution in [2.45, 2.75) is 83.0 Å². The summed E-state index contributed by atoms with van der Waals surface area (Å²) in [6, 6.07) is 21.0. The van der Waals surface area contributed by atoms with Gasteiger partial charge < -0.3 is 15.1 Å². The Labute approximate surface area is 234 Å². The van der Waals surface area contributed by atoms with Crippen LogP contribution in [0.25, 0.3) is 0 Å². The van der Waals surface area contributed by atoms with Gasteiger partial charge in [-0.1, -0.05) is 74.5 Å². The van der Waals surface area contributed by atoms with Crippen LogP contribution < -0.4 is 5.32 Å². The lowest BCUT2D eigenvalue weighted by Crippen LogP contribution is -2.75. The van der Waals surface area contributed by atoms with E-state index in [1.807, 2.05) is 0 Å². The first-order chi connectivity index (χ1) is 18.9. The number of carbonyl (C=O) groups excluding carboxylic acids is 2. The molecule has 2 amide bonds. The topological polar surface area (TPSA) is 55.9 Å². The van der Waals surface area contributed by atoms with Gasteiger partial charge in [-0.3, -0.25) is 14.5 Å². The molecule has 2 unspecified atom stereocenters. The van der Waals surface area contributed by atoms with Gasteiger partial charge >= 0.3 is 0 Å². The van der Waals surface area contributed by atoms with Crippen LogP contribution in [-0.2, 0) is 22.6 Å². The van der Waals surface area contributed by atoms with Crippen LogP contribution in [-0.4, -0.2) is 76.9 Å². The first-order valence-corrected chi connectivity index (χ1v) is 15.1. The van der Waals surface area contributed by atoms with Crippen molar-refractivity contribution in [2.75, 3.05) is 32.7 Å². The zero-order valence-electron chi connectivity index (χ0n) is 23.9. The number of benzene rings is 2. The number of piperazine rings is 1. The number of nitrogens with zero attached hydrogens (tertiary/aromatic N) is 3. The van der Waals surface area contributed by atoms with Gasteiger partial charge in [0.2, 0.25) is 11.8 Å². The van der Waals surface area contributed by atoms with Crippen LogP contribution in [0.4, 0.5) is 0 Å². The summed E-state index contributed by atoms with van der Waals surface area (Å²) in [6.07, 6.45) is 6.54. The lowest BCUT2D eigenvalue weighted by molar-refractivity contribution is -0.165. The van der Waals surface area contributed by atoms with Crippen LogP contribution in [0.3, 0.4) is 0 Å². The van der Waals surface area contributed by atoms with Crippen molar-refractivity contribution in [1.29, 1.82) is 0 Å². The highest BCUT2D eigenvalue weighted by Crippen LogP contribution is 2.38. The van der Waals surface area contributed by atoms with Crippen molar-refractivity contribution in [1.82, 2.24) is 20.0 Å². The van der Waals surface area contributed by atoms with E-state index < -0.39 is 11.6 Å². The molecule has 0 saturated carbocycles. The summed E-state index contributed by atoms with van der Waals surface area (Å²) in [7, 11) is 0. The van der Waals surface area contributed by atoms with Crippen LogP contribution in [0.5, 0.6) is 0 Å².